The molecule has 202 valence electrons. The Kier molecular flexibility index (Phi) is 8.56. The zero-order valence-electron chi connectivity index (χ0n) is 22.8. The van der Waals surface area contributed by atoms with Crippen molar-refractivity contribution in [2.75, 3.05) is 11.9 Å². The highest BCUT2D eigenvalue weighted by Gasteiger charge is 2.45. The molecule has 0 aliphatic carbocycles. The van der Waals surface area contributed by atoms with Gasteiger partial charge in [-0.2, -0.15) is 0 Å². The molecule has 39 heavy (non-hydrogen) atoms. The van der Waals surface area contributed by atoms with E-state index >= 15 is 0 Å². The predicted molar refractivity (Wildman–Crippen MR) is 159 cm³/mol. The Morgan fingerprint density at radius 3 is 2.36 bits per heavy atom. The summed E-state index contributed by atoms with van der Waals surface area (Å²) in [6.07, 6.45) is 0.238. The summed E-state index contributed by atoms with van der Waals surface area (Å²) in [5.41, 5.74) is 6.13. The highest BCUT2D eigenvalue weighted by atomic mass is 35.5. The fourth-order valence-electron chi connectivity index (χ4n) is 4.98. The summed E-state index contributed by atoms with van der Waals surface area (Å²) < 4.78 is 19.8. The molecule has 4 aromatic rings. The Balaban J connectivity index is 1.39. The Hall–Kier alpha value is -3.31. The number of anilines is 1. The Morgan fingerprint density at radius 2 is 1.59 bits per heavy atom. The van der Waals surface area contributed by atoms with Crippen LogP contribution in [-0.4, -0.2) is 18.3 Å². The molecule has 5 heteroatoms. The number of hydrogen-bond acceptors (Lipinski definition) is 4. The van der Waals surface area contributed by atoms with Crippen LogP contribution in [0.5, 0.6) is 5.75 Å². The summed E-state index contributed by atoms with van der Waals surface area (Å²) in [7, 11) is 0. The van der Waals surface area contributed by atoms with Gasteiger partial charge in [0.25, 0.3) is 0 Å². The molecule has 4 nitrogen and oxygen atoms in total. The van der Waals surface area contributed by atoms with Crippen molar-refractivity contribution in [1.82, 2.24) is 0 Å². The number of nitrogens with one attached hydrogen (secondary N) is 1. The van der Waals surface area contributed by atoms with Gasteiger partial charge in [-0.15, -0.1) is 0 Å². The second-order valence-electron chi connectivity index (χ2n) is 10.7. The van der Waals surface area contributed by atoms with E-state index in [0.29, 0.717) is 19.8 Å². The fourth-order valence-corrected chi connectivity index (χ4v) is 5.19. The lowest BCUT2D eigenvalue weighted by molar-refractivity contribution is -0.167. The van der Waals surface area contributed by atoms with E-state index in [4.69, 9.17) is 25.8 Å². The summed E-state index contributed by atoms with van der Waals surface area (Å²) in [4.78, 5) is 0. The molecular formula is C34H36ClNO3. The van der Waals surface area contributed by atoms with Crippen molar-refractivity contribution in [3.8, 4) is 5.75 Å². The first-order valence-corrected chi connectivity index (χ1v) is 13.9. The molecule has 1 aliphatic rings. The third-order valence-corrected chi connectivity index (χ3v) is 7.35. The van der Waals surface area contributed by atoms with Crippen molar-refractivity contribution in [2.24, 2.45) is 0 Å². The molecule has 0 fully saturated rings. The van der Waals surface area contributed by atoms with Gasteiger partial charge in [0.2, 0.25) is 0 Å². The molecule has 0 saturated heterocycles. The molecular weight excluding hydrogens is 506 g/mol. The van der Waals surface area contributed by atoms with Crippen LogP contribution >= 0.6 is 11.6 Å². The van der Waals surface area contributed by atoms with E-state index in [1.807, 2.05) is 36.4 Å². The quantitative estimate of drug-likeness (QED) is 0.219. The highest BCUT2D eigenvalue weighted by Crippen LogP contribution is 2.44. The van der Waals surface area contributed by atoms with Gasteiger partial charge in [-0.1, -0.05) is 83.9 Å². The largest absolute Gasteiger partial charge is 0.485 e. The Bertz CT molecular complexity index is 1370. The number of fused-ring (bicyclic) bond motifs is 1. The number of hydrogen-bond donors (Lipinski definition) is 1. The smallest absolute Gasteiger partial charge is 0.132 e. The van der Waals surface area contributed by atoms with E-state index in [-0.39, 0.29) is 12.2 Å². The average Bonchev–Trinajstić information content (AvgIpc) is 2.93. The first-order valence-electron chi connectivity index (χ1n) is 13.5. The molecule has 2 atom stereocenters. The van der Waals surface area contributed by atoms with E-state index in [9.17, 15) is 0 Å². The van der Waals surface area contributed by atoms with Gasteiger partial charge < -0.3 is 19.5 Å². The minimum atomic E-state index is -0.579. The van der Waals surface area contributed by atoms with E-state index in [2.05, 4.69) is 86.8 Å². The first kappa shape index (κ1) is 27.3. The lowest BCUT2D eigenvalue weighted by Gasteiger charge is -2.44. The topological polar surface area (TPSA) is 39.7 Å². The van der Waals surface area contributed by atoms with Crippen molar-refractivity contribution in [3.63, 3.8) is 0 Å². The van der Waals surface area contributed by atoms with Gasteiger partial charge >= 0.3 is 0 Å². The van der Waals surface area contributed by atoms with Crippen LogP contribution in [0.1, 0.15) is 47.8 Å². The minimum absolute atomic E-state index is 0.286. The fraction of sp³-hybridized carbons (Fsp3) is 0.294. The summed E-state index contributed by atoms with van der Waals surface area (Å²) in [5, 5.41) is 4.26. The van der Waals surface area contributed by atoms with Gasteiger partial charge in [0.05, 0.1) is 13.2 Å². The maximum atomic E-state index is 6.65. The number of ether oxygens (including phenoxy) is 3. The number of aryl methyl sites for hydroxylation is 1. The SMILES string of the molecule is Cc1ccc(COC2C(OCCc3ccccc3)c3cc(NCc4cccc(Cl)c4)ccc3OC2(C)C)cc1. The zero-order valence-corrected chi connectivity index (χ0v) is 23.6. The van der Waals surface area contributed by atoms with Crippen molar-refractivity contribution in [2.45, 2.75) is 58.2 Å². The lowest BCUT2D eigenvalue weighted by atomic mass is 9.87. The second-order valence-corrected chi connectivity index (χ2v) is 11.1. The normalized spacial score (nSPS) is 17.7. The van der Waals surface area contributed by atoms with Crippen LogP contribution in [0.4, 0.5) is 5.69 Å². The van der Waals surface area contributed by atoms with Crippen LogP contribution in [0, 0.1) is 6.92 Å². The molecule has 1 N–H and O–H groups in total. The summed E-state index contributed by atoms with van der Waals surface area (Å²) >= 11 is 6.18. The molecule has 0 radical (unpaired) electrons. The van der Waals surface area contributed by atoms with Gasteiger partial charge in [0, 0.05) is 22.8 Å². The van der Waals surface area contributed by atoms with Gasteiger partial charge in [-0.05, 0) is 74.2 Å². The van der Waals surface area contributed by atoms with Crippen molar-refractivity contribution < 1.29 is 14.2 Å². The van der Waals surface area contributed by atoms with Crippen LogP contribution in [0.25, 0.3) is 0 Å². The summed E-state index contributed by atoms with van der Waals surface area (Å²) in [6, 6.07) is 33.0. The number of benzene rings is 4. The number of halogens is 1. The van der Waals surface area contributed by atoms with Gasteiger partial charge in [0.15, 0.2) is 0 Å². The van der Waals surface area contributed by atoms with Crippen LogP contribution in [0.2, 0.25) is 5.02 Å². The first-order chi connectivity index (χ1) is 18.9. The Labute approximate surface area is 236 Å². The van der Waals surface area contributed by atoms with Gasteiger partial charge in [-0.25, -0.2) is 0 Å². The summed E-state index contributed by atoms with van der Waals surface area (Å²) in [5.74, 6) is 0.827. The maximum absolute atomic E-state index is 6.65. The molecule has 0 bridgehead atoms. The lowest BCUT2D eigenvalue weighted by Crippen LogP contribution is -2.51. The molecule has 4 aromatic carbocycles. The highest BCUT2D eigenvalue weighted by molar-refractivity contribution is 6.30. The molecule has 1 aliphatic heterocycles. The molecule has 2 unspecified atom stereocenters. The number of rotatable bonds is 10. The minimum Gasteiger partial charge on any atom is -0.485 e. The van der Waals surface area contributed by atoms with E-state index in [1.165, 1.54) is 11.1 Å². The molecule has 0 aromatic heterocycles. The van der Waals surface area contributed by atoms with Crippen molar-refractivity contribution in [3.05, 3.63) is 130 Å². The second kappa shape index (κ2) is 12.3. The van der Waals surface area contributed by atoms with Crippen molar-refractivity contribution in [1.29, 1.82) is 0 Å². The van der Waals surface area contributed by atoms with Crippen molar-refractivity contribution >= 4 is 17.3 Å². The molecule has 1 heterocycles. The van der Waals surface area contributed by atoms with Crippen LogP contribution in [-0.2, 0) is 29.0 Å². The Morgan fingerprint density at radius 1 is 0.821 bits per heavy atom. The van der Waals surface area contributed by atoms with Gasteiger partial charge in [0.1, 0.15) is 23.6 Å². The third-order valence-electron chi connectivity index (χ3n) is 7.12. The van der Waals surface area contributed by atoms with E-state index < -0.39 is 5.60 Å². The standard InChI is InChI=1S/C34H36ClNO3/c1-24-12-14-26(15-13-24)23-38-33-32(37-19-18-25-8-5-4-6-9-25)30-21-29(16-17-31(30)39-34(33,2)3)36-22-27-10-7-11-28(35)20-27/h4-17,20-21,32-33,36H,18-19,22-23H2,1-3H3. The van der Waals surface area contributed by atoms with E-state index in [1.54, 1.807) is 0 Å². The predicted octanol–water partition coefficient (Wildman–Crippen LogP) is 8.32. The van der Waals surface area contributed by atoms with Crippen LogP contribution in [0.3, 0.4) is 0 Å². The average molecular weight is 542 g/mol. The van der Waals surface area contributed by atoms with Crippen LogP contribution in [0.15, 0.2) is 97.1 Å². The molecule has 0 spiro atoms. The van der Waals surface area contributed by atoms with Crippen LogP contribution < -0.4 is 10.1 Å². The van der Waals surface area contributed by atoms with E-state index in [0.717, 1.165) is 39.6 Å². The third kappa shape index (κ3) is 7.02. The molecule has 0 saturated carbocycles. The molecule has 0 amide bonds. The maximum Gasteiger partial charge on any atom is 0.132 e. The zero-order chi connectivity index (χ0) is 27.2. The summed E-state index contributed by atoms with van der Waals surface area (Å²) in [6.45, 7) is 7.98. The molecule has 5 rings (SSSR count). The monoisotopic (exact) mass is 541 g/mol. The van der Waals surface area contributed by atoms with Gasteiger partial charge in [-0.3, -0.25) is 0 Å².